The fraction of sp³-hybridized carbons (Fsp3) is 0.478. The van der Waals surface area contributed by atoms with Crippen LogP contribution >= 0.6 is 11.3 Å². The van der Waals surface area contributed by atoms with E-state index >= 15 is 0 Å². The summed E-state index contributed by atoms with van der Waals surface area (Å²) < 4.78 is 4.42. The van der Waals surface area contributed by atoms with Gasteiger partial charge >= 0.3 is 0 Å². The topological polar surface area (TPSA) is 102 Å². The number of piperazine rings is 1. The van der Waals surface area contributed by atoms with Gasteiger partial charge in [0.15, 0.2) is 0 Å². The van der Waals surface area contributed by atoms with Crippen molar-refractivity contribution in [2.45, 2.75) is 39.7 Å². The summed E-state index contributed by atoms with van der Waals surface area (Å²) in [6, 6.07) is 3.75. The van der Waals surface area contributed by atoms with Crippen molar-refractivity contribution in [1.82, 2.24) is 34.0 Å². The first-order valence-electron chi connectivity index (χ1n) is 11.7. The third-order valence-electron chi connectivity index (χ3n) is 6.09. The lowest BCUT2D eigenvalue weighted by Crippen LogP contribution is -2.49. The summed E-state index contributed by atoms with van der Waals surface area (Å²) in [5.41, 5.74) is 0.830. The van der Waals surface area contributed by atoms with Crippen LogP contribution in [0, 0.1) is 5.92 Å². The zero-order chi connectivity index (χ0) is 23.7. The van der Waals surface area contributed by atoms with E-state index in [0.717, 1.165) is 24.4 Å². The first-order valence-corrected chi connectivity index (χ1v) is 12.5. The number of fused-ring (bicyclic) bond motifs is 3. The molecule has 178 valence electrons. The van der Waals surface area contributed by atoms with E-state index in [9.17, 15) is 9.59 Å². The van der Waals surface area contributed by atoms with Crippen LogP contribution < -0.4 is 10.5 Å². The van der Waals surface area contributed by atoms with Crippen LogP contribution in [-0.2, 0) is 17.8 Å². The number of aryl methyl sites for hydroxylation is 1. The molecule has 1 aliphatic heterocycles. The van der Waals surface area contributed by atoms with Gasteiger partial charge in [-0.1, -0.05) is 13.8 Å². The molecule has 1 saturated heterocycles. The number of aromatic nitrogens is 6. The molecule has 1 amide bonds. The molecular formula is C23H28N8O2S. The molecule has 0 radical (unpaired) electrons. The summed E-state index contributed by atoms with van der Waals surface area (Å²) in [6.45, 7) is 7.55. The Hall–Kier alpha value is -3.34. The van der Waals surface area contributed by atoms with Crippen molar-refractivity contribution in [3.8, 4) is 0 Å². The lowest BCUT2D eigenvalue weighted by molar-refractivity contribution is -0.131. The van der Waals surface area contributed by atoms with Crippen LogP contribution in [0.5, 0.6) is 0 Å². The Morgan fingerprint density at radius 1 is 1.12 bits per heavy atom. The fourth-order valence-corrected chi connectivity index (χ4v) is 5.26. The van der Waals surface area contributed by atoms with Crippen molar-refractivity contribution in [2.75, 3.05) is 31.1 Å². The largest absolute Gasteiger partial charge is 0.339 e. The second kappa shape index (κ2) is 9.49. The van der Waals surface area contributed by atoms with Crippen LogP contribution in [0.4, 0.5) is 5.95 Å². The van der Waals surface area contributed by atoms with Gasteiger partial charge in [0.05, 0.1) is 5.52 Å². The zero-order valence-electron chi connectivity index (χ0n) is 19.4. The van der Waals surface area contributed by atoms with Crippen LogP contribution in [0.3, 0.4) is 0 Å². The van der Waals surface area contributed by atoms with Gasteiger partial charge in [-0.25, -0.2) is 9.97 Å². The molecule has 5 rings (SSSR count). The second-order valence-electron chi connectivity index (χ2n) is 8.97. The van der Waals surface area contributed by atoms with Gasteiger partial charge < -0.3 is 9.80 Å². The van der Waals surface area contributed by atoms with Gasteiger partial charge in [0, 0.05) is 58.0 Å². The summed E-state index contributed by atoms with van der Waals surface area (Å²) >= 11 is 1.44. The van der Waals surface area contributed by atoms with Gasteiger partial charge in [-0.3, -0.25) is 18.6 Å². The number of hydrogen-bond donors (Lipinski definition) is 0. The average Bonchev–Trinajstić information content (AvgIpc) is 3.50. The highest BCUT2D eigenvalue weighted by atomic mass is 32.1. The van der Waals surface area contributed by atoms with Crippen molar-refractivity contribution >= 4 is 39.2 Å². The molecule has 0 N–H and O–H groups in total. The van der Waals surface area contributed by atoms with Crippen LogP contribution in [-0.4, -0.2) is 66.1 Å². The first kappa shape index (κ1) is 22.5. The molecule has 34 heavy (non-hydrogen) atoms. The van der Waals surface area contributed by atoms with Crippen molar-refractivity contribution in [3.63, 3.8) is 0 Å². The number of anilines is 1. The van der Waals surface area contributed by atoms with Crippen molar-refractivity contribution in [1.29, 1.82) is 0 Å². The third kappa shape index (κ3) is 4.27. The summed E-state index contributed by atoms with van der Waals surface area (Å²) in [7, 11) is 0. The Bertz CT molecular complexity index is 1350. The summed E-state index contributed by atoms with van der Waals surface area (Å²) in [5, 5.41) is 10.7. The van der Waals surface area contributed by atoms with E-state index < -0.39 is 0 Å². The van der Waals surface area contributed by atoms with E-state index in [4.69, 9.17) is 0 Å². The highest BCUT2D eigenvalue weighted by Gasteiger charge is 2.23. The Morgan fingerprint density at radius 2 is 1.88 bits per heavy atom. The smallest absolute Gasteiger partial charge is 0.272 e. The Balaban J connectivity index is 1.25. The van der Waals surface area contributed by atoms with E-state index in [2.05, 4.69) is 38.9 Å². The molecule has 5 heterocycles. The molecule has 1 aliphatic rings. The van der Waals surface area contributed by atoms with E-state index in [-0.39, 0.29) is 11.5 Å². The number of hydrogen-bond acceptors (Lipinski definition) is 8. The Morgan fingerprint density at radius 3 is 2.62 bits per heavy atom. The predicted octanol–water partition coefficient (Wildman–Crippen LogP) is 2.22. The van der Waals surface area contributed by atoms with Gasteiger partial charge in [0.1, 0.15) is 10.5 Å². The number of carbonyl (C=O) groups excluding carboxylic acids is 1. The SMILES string of the molecule is CC(C)Cn1c(=O)c2sccc2n2c(CCCC(=O)N3CCN(c4ncccn4)CC3)nnc12. The molecule has 0 atom stereocenters. The molecular weight excluding hydrogens is 452 g/mol. The summed E-state index contributed by atoms with van der Waals surface area (Å²) in [5.74, 6) is 2.54. The fourth-order valence-electron chi connectivity index (χ4n) is 4.44. The van der Waals surface area contributed by atoms with E-state index in [1.807, 2.05) is 20.7 Å². The number of carbonyl (C=O) groups is 1. The minimum absolute atomic E-state index is 0.0135. The number of amides is 1. The highest BCUT2D eigenvalue weighted by Crippen LogP contribution is 2.21. The monoisotopic (exact) mass is 480 g/mol. The maximum Gasteiger partial charge on any atom is 0.272 e. The number of thiophene rings is 1. The minimum atomic E-state index is -0.0135. The highest BCUT2D eigenvalue weighted by molar-refractivity contribution is 7.17. The zero-order valence-corrected chi connectivity index (χ0v) is 20.2. The third-order valence-corrected chi connectivity index (χ3v) is 6.98. The average molecular weight is 481 g/mol. The molecule has 10 nitrogen and oxygen atoms in total. The standard InChI is InChI=1S/C23H28N8O2S/c1-16(2)15-30-21(33)20-17(7-14-34-20)31-18(26-27-23(30)31)5-3-6-19(32)28-10-12-29(13-11-28)22-24-8-4-9-25-22/h4,7-9,14,16H,3,5-6,10-13,15H2,1-2H3. The van der Waals surface area contributed by atoms with Crippen molar-refractivity contribution in [2.24, 2.45) is 5.92 Å². The molecule has 0 saturated carbocycles. The molecule has 4 aromatic rings. The molecule has 0 spiro atoms. The lowest BCUT2D eigenvalue weighted by Gasteiger charge is -2.34. The molecule has 11 heteroatoms. The maximum absolute atomic E-state index is 13.0. The molecule has 0 aliphatic carbocycles. The van der Waals surface area contributed by atoms with Gasteiger partial charge in [-0.05, 0) is 29.9 Å². The molecule has 0 unspecified atom stereocenters. The van der Waals surface area contributed by atoms with Crippen molar-refractivity contribution in [3.05, 3.63) is 46.1 Å². The van der Waals surface area contributed by atoms with E-state index in [1.165, 1.54) is 11.3 Å². The number of nitrogens with zero attached hydrogens (tertiary/aromatic N) is 8. The van der Waals surface area contributed by atoms with Gasteiger partial charge in [0.2, 0.25) is 17.6 Å². The lowest BCUT2D eigenvalue weighted by atomic mass is 10.2. The summed E-state index contributed by atoms with van der Waals surface area (Å²) in [6.07, 6.45) is 5.22. The van der Waals surface area contributed by atoms with Crippen LogP contribution in [0.2, 0.25) is 0 Å². The van der Waals surface area contributed by atoms with Gasteiger partial charge in [-0.15, -0.1) is 21.5 Å². The Labute approximate surface area is 200 Å². The first-order chi connectivity index (χ1) is 16.5. The molecule has 4 aromatic heterocycles. The van der Waals surface area contributed by atoms with Crippen LogP contribution in [0.15, 0.2) is 34.7 Å². The normalized spacial score (nSPS) is 14.6. The van der Waals surface area contributed by atoms with Gasteiger partial charge in [-0.2, -0.15) is 0 Å². The quantitative estimate of drug-likeness (QED) is 0.400. The van der Waals surface area contributed by atoms with E-state index in [0.29, 0.717) is 61.2 Å². The van der Waals surface area contributed by atoms with Gasteiger partial charge in [0.25, 0.3) is 5.56 Å². The Kier molecular flexibility index (Phi) is 6.27. The number of rotatable bonds is 7. The predicted molar refractivity (Wildman–Crippen MR) is 131 cm³/mol. The summed E-state index contributed by atoms with van der Waals surface area (Å²) in [4.78, 5) is 38.4. The van der Waals surface area contributed by atoms with Crippen molar-refractivity contribution < 1.29 is 4.79 Å². The second-order valence-corrected chi connectivity index (χ2v) is 9.88. The van der Waals surface area contributed by atoms with Crippen LogP contribution in [0.25, 0.3) is 16.0 Å². The molecule has 0 aromatic carbocycles. The molecule has 1 fully saturated rings. The maximum atomic E-state index is 13.0. The molecule has 0 bridgehead atoms. The minimum Gasteiger partial charge on any atom is -0.339 e. The van der Waals surface area contributed by atoms with E-state index in [1.54, 1.807) is 23.0 Å². The van der Waals surface area contributed by atoms with Crippen LogP contribution in [0.1, 0.15) is 32.5 Å².